The Kier molecular flexibility index (Phi) is 7.95. The molecule has 2 aliphatic rings. The van der Waals surface area contributed by atoms with Crippen molar-refractivity contribution in [3.05, 3.63) is 29.8 Å². The Hall–Kier alpha value is -2.96. The molecule has 7 atom stereocenters. The number of hydrogen-bond acceptors (Lipinski definition) is 8. The summed E-state index contributed by atoms with van der Waals surface area (Å²) >= 11 is 1.33. The van der Waals surface area contributed by atoms with Crippen molar-refractivity contribution in [2.24, 2.45) is 16.8 Å². The Morgan fingerprint density at radius 3 is 2.47 bits per heavy atom. The molecule has 0 aliphatic carbocycles. The van der Waals surface area contributed by atoms with Crippen LogP contribution in [0.4, 0.5) is 5.69 Å². The van der Waals surface area contributed by atoms with Gasteiger partial charge in [-0.15, -0.1) is 11.8 Å². The topological polar surface area (TPSA) is 186 Å². The Bertz CT molecular complexity index is 1010. The highest BCUT2D eigenvalue weighted by molar-refractivity contribution is 8.01. The van der Waals surface area contributed by atoms with Gasteiger partial charge in [-0.05, 0) is 37.5 Å². The van der Waals surface area contributed by atoms with Gasteiger partial charge in [-0.3, -0.25) is 14.6 Å². The van der Waals surface area contributed by atoms with E-state index in [1.54, 1.807) is 13.0 Å². The van der Waals surface area contributed by atoms with E-state index in [9.17, 15) is 34.5 Å². The van der Waals surface area contributed by atoms with Gasteiger partial charge >= 0.3 is 17.9 Å². The molecule has 1 fully saturated rings. The molecule has 12 heteroatoms. The molecule has 0 spiro atoms. The highest BCUT2D eigenvalue weighted by Gasteiger charge is 2.48. The lowest BCUT2D eigenvalue weighted by Gasteiger charge is -2.27. The number of benzene rings is 1. The number of carboxylic acid groups (broad SMARTS) is 3. The minimum atomic E-state index is -1.24. The first-order valence-corrected chi connectivity index (χ1v) is 11.7. The quantitative estimate of drug-likeness (QED) is 0.287. The number of amides is 1. The monoisotopic (exact) mass is 493 g/mol. The van der Waals surface area contributed by atoms with E-state index in [1.807, 2.05) is 0 Å². The maximum atomic E-state index is 12.7. The fourth-order valence-electron chi connectivity index (χ4n) is 4.36. The van der Waals surface area contributed by atoms with Gasteiger partial charge in [0.15, 0.2) is 0 Å². The van der Waals surface area contributed by atoms with Crippen LogP contribution in [0.15, 0.2) is 29.3 Å². The first-order valence-electron chi connectivity index (χ1n) is 10.7. The standard InChI is InChI=1S/C22H27N3O8S/c1-9-16(15(10(2)26)21(30)31)25-17(22(32)33)18(9)34-13-7-14(23-8-13)19(27)24-12-5-3-4-11(6-12)20(28)29/h3-6,9-10,13-16,18,23,26H,7-8H2,1-2H3,(H,24,27)(H,28,29)(H,30,31)(H,32,33)/t9-,10-,13+,14+,15-,16-,18-/m1/s1. The average molecular weight is 494 g/mol. The normalized spacial score (nSPS) is 28.1. The Morgan fingerprint density at radius 1 is 1.18 bits per heavy atom. The molecular formula is C22H27N3O8S. The second-order valence-corrected chi connectivity index (χ2v) is 9.97. The fraction of sp³-hybridized carbons (Fsp3) is 0.500. The first-order chi connectivity index (χ1) is 16.0. The minimum Gasteiger partial charge on any atom is -0.481 e. The van der Waals surface area contributed by atoms with Crippen molar-refractivity contribution in [2.75, 3.05) is 11.9 Å². The molecule has 3 rings (SSSR count). The zero-order chi connectivity index (χ0) is 25.2. The number of aromatic carboxylic acids is 1. The number of carboxylic acids is 3. The summed E-state index contributed by atoms with van der Waals surface area (Å²) in [5.74, 6) is -5.59. The second kappa shape index (κ2) is 10.5. The summed E-state index contributed by atoms with van der Waals surface area (Å²) in [6, 6.07) is 4.45. The van der Waals surface area contributed by atoms with Crippen LogP contribution in [0.2, 0.25) is 0 Å². The van der Waals surface area contributed by atoms with Gasteiger partial charge in [0.1, 0.15) is 11.6 Å². The van der Waals surface area contributed by atoms with Crippen molar-refractivity contribution in [3.8, 4) is 0 Å². The summed E-state index contributed by atoms with van der Waals surface area (Å²) in [5.41, 5.74) is 0.272. The predicted octanol–water partition coefficient (Wildman–Crippen LogP) is 0.781. The fourth-order valence-corrected chi connectivity index (χ4v) is 5.97. The summed E-state index contributed by atoms with van der Waals surface area (Å²) in [4.78, 5) is 51.4. The highest BCUT2D eigenvalue weighted by atomic mass is 32.2. The number of anilines is 1. The minimum absolute atomic E-state index is 0.0488. The number of hydrogen-bond donors (Lipinski definition) is 6. The van der Waals surface area contributed by atoms with Gasteiger partial charge in [-0.25, -0.2) is 9.59 Å². The van der Waals surface area contributed by atoms with Crippen LogP contribution in [-0.2, 0) is 14.4 Å². The van der Waals surface area contributed by atoms with Crippen LogP contribution in [0.1, 0.15) is 30.6 Å². The van der Waals surface area contributed by atoms with Crippen molar-refractivity contribution >= 4 is 47.0 Å². The number of aliphatic carboxylic acids is 2. The summed E-state index contributed by atoms with van der Waals surface area (Å²) in [7, 11) is 0. The number of nitrogens with one attached hydrogen (secondary N) is 2. The molecule has 2 aliphatic heterocycles. The molecule has 6 N–H and O–H groups in total. The average Bonchev–Trinajstić information content (AvgIpc) is 3.34. The predicted molar refractivity (Wildman–Crippen MR) is 124 cm³/mol. The van der Waals surface area contributed by atoms with Crippen LogP contribution in [0.3, 0.4) is 0 Å². The molecule has 0 aromatic heterocycles. The number of carbonyl (C=O) groups excluding carboxylic acids is 1. The molecule has 11 nitrogen and oxygen atoms in total. The molecule has 0 bridgehead atoms. The van der Waals surface area contributed by atoms with E-state index in [0.29, 0.717) is 18.7 Å². The third-order valence-corrected chi connectivity index (χ3v) is 7.78. The molecule has 0 unspecified atom stereocenters. The van der Waals surface area contributed by atoms with E-state index < -0.39 is 53.2 Å². The van der Waals surface area contributed by atoms with Crippen molar-refractivity contribution in [3.63, 3.8) is 0 Å². The van der Waals surface area contributed by atoms with E-state index >= 15 is 0 Å². The van der Waals surface area contributed by atoms with Gasteiger partial charge in [-0.2, -0.15) is 0 Å². The van der Waals surface area contributed by atoms with E-state index in [1.165, 1.54) is 36.9 Å². The number of carbonyl (C=O) groups is 4. The van der Waals surface area contributed by atoms with Crippen LogP contribution < -0.4 is 10.6 Å². The molecule has 1 saturated heterocycles. The van der Waals surface area contributed by atoms with Crippen molar-refractivity contribution in [1.82, 2.24) is 5.32 Å². The van der Waals surface area contributed by atoms with Crippen LogP contribution in [0.5, 0.6) is 0 Å². The number of thioether (sulfide) groups is 1. The molecule has 1 aromatic rings. The number of rotatable bonds is 9. The highest BCUT2D eigenvalue weighted by Crippen LogP contribution is 2.39. The lowest BCUT2D eigenvalue weighted by Crippen LogP contribution is -2.40. The van der Waals surface area contributed by atoms with Gasteiger partial charge in [0.05, 0.1) is 29.0 Å². The lowest BCUT2D eigenvalue weighted by molar-refractivity contribution is -0.146. The van der Waals surface area contributed by atoms with Crippen LogP contribution in [-0.4, -0.2) is 85.2 Å². The number of nitrogens with zero attached hydrogens (tertiary/aromatic N) is 1. The molecule has 184 valence electrons. The van der Waals surface area contributed by atoms with Crippen molar-refractivity contribution < 1.29 is 39.6 Å². The number of aliphatic imine (C=N–C) groups is 1. The van der Waals surface area contributed by atoms with Crippen LogP contribution in [0, 0.1) is 11.8 Å². The molecule has 0 radical (unpaired) electrons. The summed E-state index contributed by atoms with van der Waals surface area (Å²) in [6.07, 6.45) is -0.803. The Morgan fingerprint density at radius 2 is 1.88 bits per heavy atom. The zero-order valence-electron chi connectivity index (χ0n) is 18.5. The van der Waals surface area contributed by atoms with Gasteiger partial charge in [0, 0.05) is 17.5 Å². The molecule has 1 aromatic carbocycles. The van der Waals surface area contributed by atoms with Crippen LogP contribution >= 0.6 is 11.8 Å². The molecule has 2 heterocycles. The van der Waals surface area contributed by atoms with E-state index in [2.05, 4.69) is 15.6 Å². The zero-order valence-corrected chi connectivity index (χ0v) is 19.4. The van der Waals surface area contributed by atoms with E-state index in [-0.39, 0.29) is 22.4 Å². The molecular weight excluding hydrogens is 466 g/mol. The summed E-state index contributed by atoms with van der Waals surface area (Å²) in [6.45, 7) is 3.50. The van der Waals surface area contributed by atoms with Crippen molar-refractivity contribution in [1.29, 1.82) is 0 Å². The van der Waals surface area contributed by atoms with Gasteiger partial charge in [0.25, 0.3) is 0 Å². The van der Waals surface area contributed by atoms with Gasteiger partial charge in [0.2, 0.25) is 5.91 Å². The second-order valence-electron chi connectivity index (χ2n) is 8.52. The smallest absolute Gasteiger partial charge is 0.350 e. The van der Waals surface area contributed by atoms with E-state index in [0.717, 1.165) is 0 Å². The first kappa shape index (κ1) is 25.7. The van der Waals surface area contributed by atoms with Crippen molar-refractivity contribution in [2.45, 2.75) is 49.0 Å². The lowest BCUT2D eigenvalue weighted by atomic mass is 9.86. The summed E-state index contributed by atoms with van der Waals surface area (Å²) < 4.78 is 0. The summed E-state index contributed by atoms with van der Waals surface area (Å²) in [5, 5.41) is 43.2. The van der Waals surface area contributed by atoms with E-state index in [4.69, 9.17) is 5.11 Å². The number of aliphatic hydroxyl groups excluding tert-OH is 1. The van der Waals surface area contributed by atoms with Gasteiger partial charge in [-0.1, -0.05) is 13.0 Å². The Labute approximate surface area is 199 Å². The number of aliphatic hydroxyl groups is 1. The maximum Gasteiger partial charge on any atom is 0.350 e. The maximum absolute atomic E-state index is 12.7. The van der Waals surface area contributed by atoms with Crippen LogP contribution in [0.25, 0.3) is 0 Å². The third-order valence-electron chi connectivity index (χ3n) is 6.09. The Balaban J connectivity index is 1.66. The molecule has 1 amide bonds. The molecule has 0 saturated carbocycles. The third kappa shape index (κ3) is 5.57. The van der Waals surface area contributed by atoms with Gasteiger partial charge < -0.3 is 31.1 Å². The largest absolute Gasteiger partial charge is 0.481 e. The SMILES string of the molecule is C[C@@H]1[C@H]([C@H](C(=O)O)[C@@H](C)O)N=C(C(=O)O)[C@@H]1S[C@@H]1CN[C@H](C(=O)Nc2cccc(C(=O)O)c2)C1. The molecule has 34 heavy (non-hydrogen) atoms.